The van der Waals surface area contributed by atoms with Gasteiger partial charge in [0.25, 0.3) is 11.8 Å². The third-order valence-electron chi connectivity index (χ3n) is 2.28. The van der Waals surface area contributed by atoms with Gasteiger partial charge in [-0.1, -0.05) is 18.2 Å². The Morgan fingerprint density at radius 2 is 1.78 bits per heavy atom. The first-order valence-corrected chi connectivity index (χ1v) is 6.44. The predicted molar refractivity (Wildman–Crippen MR) is 71.1 cm³/mol. The average molecular weight is 262 g/mol. The van der Waals surface area contributed by atoms with Crippen LogP contribution in [0.1, 0.15) is 5.69 Å². The predicted octanol–water partition coefficient (Wildman–Crippen LogP) is 2.79. The molecule has 0 aliphatic carbocycles. The molecule has 0 aliphatic rings. The highest BCUT2D eigenvalue weighted by atomic mass is 32.2. The minimum absolute atomic E-state index is 0.408. The zero-order valence-corrected chi connectivity index (χ0v) is 11.1. The van der Waals surface area contributed by atoms with Crippen LogP contribution in [0, 0.1) is 0 Å². The Morgan fingerprint density at radius 3 is 2.44 bits per heavy atom. The molecule has 1 heterocycles. The molecule has 5 heteroatoms. The van der Waals surface area contributed by atoms with E-state index in [1.807, 2.05) is 18.2 Å². The van der Waals surface area contributed by atoms with Gasteiger partial charge in [0.1, 0.15) is 0 Å². The Hall–Kier alpha value is -1.75. The highest BCUT2D eigenvalue weighted by molar-refractivity contribution is 7.98. The van der Waals surface area contributed by atoms with Gasteiger partial charge in [0.15, 0.2) is 0 Å². The molecule has 18 heavy (non-hydrogen) atoms. The molecule has 0 atom stereocenters. The number of aromatic nitrogens is 2. The molecule has 4 nitrogen and oxygen atoms in total. The summed E-state index contributed by atoms with van der Waals surface area (Å²) in [6.07, 6.45) is 1.71. The average Bonchev–Trinajstić information content (AvgIpc) is 2.45. The first-order chi connectivity index (χ1) is 8.83. The van der Waals surface area contributed by atoms with E-state index in [2.05, 4.69) is 22.1 Å². The normalized spacial score (nSPS) is 10.1. The molecule has 0 unspecified atom stereocenters. The lowest BCUT2D eigenvalue weighted by molar-refractivity contribution is 0.330. The summed E-state index contributed by atoms with van der Waals surface area (Å²) in [5, 5.41) is 0. The molecular weight excluding hydrogens is 248 g/mol. The van der Waals surface area contributed by atoms with Crippen LogP contribution in [-0.2, 0) is 5.75 Å². The molecule has 1 aromatic carbocycles. The third kappa shape index (κ3) is 3.13. The molecule has 0 radical (unpaired) electrons. The van der Waals surface area contributed by atoms with Crippen LogP contribution >= 0.6 is 11.8 Å². The quantitative estimate of drug-likeness (QED) is 0.775. The van der Waals surface area contributed by atoms with Crippen LogP contribution in [0.2, 0.25) is 0 Å². The van der Waals surface area contributed by atoms with E-state index >= 15 is 0 Å². The van der Waals surface area contributed by atoms with Crippen LogP contribution in [0.5, 0.6) is 11.8 Å². The van der Waals surface area contributed by atoms with E-state index in [-0.39, 0.29) is 0 Å². The highest BCUT2D eigenvalue weighted by Gasteiger charge is 2.08. The number of benzene rings is 1. The highest BCUT2D eigenvalue weighted by Crippen LogP contribution is 2.25. The van der Waals surface area contributed by atoms with Gasteiger partial charge < -0.3 is 9.47 Å². The van der Waals surface area contributed by atoms with Crippen LogP contribution in [0.15, 0.2) is 41.4 Å². The fraction of sp³-hybridized carbons (Fsp3) is 0.231. The molecule has 0 fully saturated rings. The molecule has 2 rings (SSSR count). The van der Waals surface area contributed by atoms with Gasteiger partial charge in [-0.3, -0.25) is 0 Å². The van der Waals surface area contributed by atoms with Crippen LogP contribution in [0.25, 0.3) is 0 Å². The van der Waals surface area contributed by atoms with Gasteiger partial charge in [-0.15, -0.1) is 11.8 Å². The zero-order valence-electron chi connectivity index (χ0n) is 10.3. The van der Waals surface area contributed by atoms with E-state index < -0.39 is 0 Å². The van der Waals surface area contributed by atoms with Gasteiger partial charge in [0, 0.05) is 10.6 Å². The molecule has 0 amide bonds. The second kappa shape index (κ2) is 6.26. The summed E-state index contributed by atoms with van der Waals surface area (Å²) in [4.78, 5) is 9.71. The number of thioether (sulfide) groups is 1. The van der Waals surface area contributed by atoms with E-state index in [0.717, 1.165) is 11.4 Å². The first kappa shape index (κ1) is 12.7. The Labute approximate surface area is 110 Å². The number of ether oxygens (including phenoxy) is 2. The zero-order chi connectivity index (χ0) is 12.8. The number of hydrogen-bond acceptors (Lipinski definition) is 5. The molecule has 0 aliphatic heterocycles. The summed E-state index contributed by atoms with van der Waals surface area (Å²) in [5.41, 5.74) is 0.863. The van der Waals surface area contributed by atoms with Crippen LogP contribution in [-0.4, -0.2) is 24.2 Å². The Bertz CT molecular complexity index is 506. The van der Waals surface area contributed by atoms with Crippen molar-refractivity contribution in [2.45, 2.75) is 10.6 Å². The fourth-order valence-corrected chi connectivity index (χ4v) is 2.22. The van der Waals surface area contributed by atoms with Crippen LogP contribution in [0.4, 0.5) is 0 Å². The first-order valence-electron chi connectivity index (χ1n) is 5.45. The van der Waals surface area contributed by atoms with Crippen molar-refractivity contribution < 1.29 is 9.47 Å². The Balaban J connectivity index is 2.06. The smallest absolute Gasteiger partial charge is 0.278 e. The standard InChI is InChI=1S/C13H14N2O2S/c1-16-12-13(17-2)15-10(8-14-12)9-18-11-6-4-3-5-7-11/h3-8H,9H2,1-2H3. The lowest BCUT2D eigenvalue weighted by Gasteiger charge is -2.07. The molecule has 0 bridgehead atoms. The maximum Gasteiger partial charge on any atom is 0.278 e. The van der Waals surface area contributed by atoms with E-state index in [0.29, 0.717) is 11.8 Å². The summed E-state index contributed by atoms with van der Waals surface area (Å²) < 4.78 is 10.2. The van der Waals surface area contributed by atoms with Gasteiger partial charge >= 0.3 is 0 Å². The van der Waals surface area contributed by atoms with Crippen molar-refractivity contribution in [1.82, 2.24) is 9.97 Å². The van der Waals surface area contributed by atoms with Gasteiger partial charge in [-0.2, -0.15) is 0 Å². The van der Waals surface area contributed by atoms with Crippen molar-refractivity contribution in [1.29, 1.82) is 0 Å². The van der Waals surface area contributed by atoms with Crippen LogP contribution in [0.3, 0.4) is 0 Å². The molecule has 1 aromatic heterocycles. The van der Waals surface area contributed by atoms with Gasteiger partial charge in [-0.05, 0) is 12.1 Å². The number of methoxy groups -OCH3 is 2. The van der Waals surface area contributed by atoms with E-state index in [1.54, 1.807) is 32.2 Å². The largest absolute Gasteiger partial charge is 0.477 e. The summed E-state index contributed by atoms with van der Waals surface area (Å²) in [6, 6.07) is 10.2. The number of hydrogen-bond donors (Lipinski definition) is 0. The van der Waals surface area contributed by atoms with Crippen molar-refractivity contribution in [2.24, 2.45) is 0 Å². The number of nitrogens with zero attached hydrogens (tertiary/aromatic N) is 2. The molecule has 0 saturated carbocycles. The summed E-state index contributed by atoms with van der Waals surface area (Å²) in [6.45, 7) is 0. The third-order valence-corrected chi connectivity index (χ3v) is 3.32. The molecule has 0 spiro atoms. The molecular formula is C13H14N2O2S. The molecule has 2 aromatic rings. The minimum atomic E-state index is 0.408. The van der Waals surface area contributed by atoms with Crippen molar-refractivity contribution in [3.63, 3.8) is 0 Å². The maximum absolute atomic E-state index is 5.12. The summed E-state index contributed by atoms with van der Waals surface area (Å²) in [5.74, 6) is 1.58. The SMILES string of the molecule is COc1ncc(CSc2ccccc2)nc1OC. The number of rotatable bonds is 5. The molecule has 0 N–H and O–H groups in total. The Morgan fingerprint density at radius 1 is 1.06 bits per heavy atom. The second-order valence-corrected chi connectivity index (χ2v) is 4.53. The lowest BCUT2D eigenvalue weighted by atomic mass is 10.4. The van der Waals surface area contributed by atoms with Crippen molar-refractivity contribution >= 4 is 11.8 Å². The summed E-state index contributed by atoms with van der Waals surface area (Å²) in [7, 11) is 3.10. The minimum Gasteiger partial charge on any atom is -0.477 e. The maximum atomic E-state index is 5.12. The van der Waals surface area contributed by atoms with Crippen molar-refractivity contribution in [3.8, 4) is 11.8 Å². The van der Waals surface area contributed by atoms with Gasteiger partial charge in [0.2, 0.25) is 0 Å². The van der Waals surface area contributed by atoms with E-state index in [9.17, 15) is 0 Å². The van der Waals surface area contributed by atoms with E-state index in [1.165, 1.54) is 4.90 Å². The monoisotopic (exact) mass is 262 g/mol. The van der Waals surface area contributed by atoms with Gasteiger partial charge in [-0.25, -0.2) is 9.97 Å². The summed E-state index contributed by atoms with van der Waals surface area (Å²) >= 11 is 1.71. The topological polar surface area (TPSA) is 44.2 Å². The second-order valence-electron chi connectivity index (χ2n) is 3.48. The van der Waals surface area contributed by atoms with Crippen molar-refractivity contribution in [3.05, 3.63) is 42.2 Å². The Kier molecular flexibility index (Phi) is 4.41. The van der Waals surface area contributed by atoms with Gasteiger partial charge in [0.05, 0.1) is 26.1 Å². The van der Waals surface area contributed by atoms with Crippen LogP contribution < -0.4 is 9.47 Å². The van der Waals surface area contributed by atoms with E-state index in [4.69, 9.17) is 9.47 Å². The lowest BCUT2D eigenvalue weighted by Crippen LogP contribution is -1.99. The fourth-order valence-electron chi connectivity index (χ4n) is 1.41. The molecule has 0 saturated heterocycles. The van der Waals surface area contributed by atoms with Crippen molar-refractivity contribution in [2.75, 3.05) is 14.2 Å². The molecule has 94 valence electrons.